The lowest BCUT2D eigenvalue weighted by molar-refractivity contribution is 0.414. The van der Waals surface area contributed by atoms with Gasteiger partial charge in [-0.15, -0.1) is 10.2 Å². The lowest BCUT2D eigenvalue weighted by atomic mass is 10.1. The number of aromatic nitrogens is 3. The van der Waals surface area contributed by atoms with Crippen LogP contribution < -0.4 is 4.74 Å². The minimum absolute atomic E-state index is 0.784. The highest BCUT2D eigenvalue weighted by atomic mass is 32.2. The Hall–Kier alpha value is -2.60. The van der Waals surface area contributed by atoms with Crippen LogP contribution in [-0.4, -0.2) is 33.4 Å². The fourth-order valence-electron chi connectivity index (χ4n) is 2.78. The van der Waals surface area contributed by atoms with Crippen molar-refractivity contribution in [2.75, 3.05) is 12.9 Å². The summed E-state index contributed by atoms with van der Waals surface area (Å²) in [6, 6.07) is 18.4. The van der Waals surface area contributed by atoms with E-state index in [0.29, 0.717) is 0 Å². The molecule has 25 heavy (non-hydrogen) atoms. The molecule has 0 saturated heterocycles. The molecule has 6 heteroatoms. The van der Waals surface area contributed by atoms with Crippen LogP contribution in [0.5, 0.6) is 5.75 Å². The molecule has 2 aromatic carbocycles. The summed E-state index contributed by atoms with van der Waals surface area (Å²) in [5.41, 5.74) is 3.42. The number of methoxy groups -OCH3 is 1. The van der Waals surface area contributed by atoms with Gasteiger partial charge in [0.1, 0.15) is 5.75 Å². The number of rotatable bonds is 5. The molecule has 0 radical (unpaired) electrons. The molecule has 2 heterocycles. The van der Waals surface area contributed by atoms with Crippen molar-refractivity contribution in [3.05, 3.63) is 71.5 Å². The molecule has 0 aliphatic carbocycles. The van der Waals surface area contributed by atoms with Gasteiger partial charge in [0.25, 0.3) is 0 Å². The third-order valence-corrected chi connectivity index (χ3v) is 5.04. The number of hydrogen-bond donors (Lipinski definition) is 0. The molecule has 5 nitrogen and oxygen atoms in total. The Morgan fingerprint density at radius 2 is 1.92 bits per heavy atom. The maximum absolute atomic E-state index is 5.29. The van der Waals surface area contributed by atoms with Crippen LogP contribution in [0.1, 0.15) is 17.0 Å². The van der Waals surface area contributed by atoms with Gasteiger partial charge in [-0.05, 0) is 29.7 Å². The molecular formula is C19H18N4OS. The zero-order chi connectivity index (χ0) is 17.1. The van der Waals surface area contributed by atoms with E-state index in [4.69, 9.17) is 9.84 Å². The van der Waals surface area contributed by atoms with E-state index in [1.54, 1.807) is 18.9 Å². The maximum Gasteiger partial charge on any atom is 0.212 e. The molecule has 1 aliphatic rings. The van der Waals surface area contributed by atoms with E-state index in [0.717, 1.165) is 46.6 Å². The second-order valence-electron chi connectivity index (χ2n) is 5.76. The quantitative estimate of drug-likeness (QED) is 0.707. The summed E-state index contributed by atoms with van der Waals surface area (Å²) in [5, 5.41) is 14.3. The van der Waals surface area contributed by atoms with Gasteiger partial charge >= 0.3 is 0 Å². The Morgan fingerprint density at radius 3 is 2.76 bits per heavy atom. The number of fused-ring (bicyclic) bond motifs is 1. The number of nitrogens with zero attached hydrogens (tertiary/aromatic N) is 4. The van der Waals surface area contributed by atoms with Gasteiger partial charge in [-0.1, -0.05) is 54.2 Å². The number of hydrogen-bond acceptors (Lipinski definition) is 5. The largest absolute Gasteiger partial charge is 0.497 e. The zero-order valence-electron chi connectivity index (χ0n) is 13.9. The molecule has 0 amide bonds. The van der Waals surface area contributed by atoms with Crippen LogP contribution >= 0.6 is 11.8 Å². The van der Waals surface area contributed by atoms with E-state index in [9.17, 15) is 0 Å². The molecule has 126 valence electrons. The Morgan fingerprint density at radius 1 is 1.04 bits per heavy atom. The Balaban J connectivity index is 1.56. The van der Waals surface area contributed by atoms with Crippen molar-refractivity contribution in [2.24, 2.45) is 5.10 Å². The van der Waals surface area contributed by atoms with E-state index in [1.165, 1.54) is 5.56 Å². The first-order valence-corrected chi connectivity index (χ1v) is 9.15. The van der Waals surface area contributed by atoms with Gasteiger partial charge in [0.05, 0.1) is 12.8 Å². The summed E-state index contributed by atoms with van der Waals surface area (Å²) in [6.07, 6.45) is 1.66. The van der Waals surface area contributed by atoms with Crippen LogP contribution in [0.2, 0.25) is 0 Å². The number of thioether (sulfide) groups is 1. The summed E-state index contributed by atoms with van der Waals surface area (Å²) < 4.78 is 7.17. The van der Waals surface area contributed by atoms with Crippen LogP contribution in [0.3, 0.4) is 0 Å². The predicted molar refractivity (Wildman–Crippen MR) is 99.5 cm³/mol. The molecular weight excluding hydrogens is 332 g/mol. The van der Waals surface area contributed by atoms with E-state index in [2.05, 4.69) is 34.5 Å². The number of ether oxygens (including phenoxy) is 1. The lowest BCUT2D eigenvalue weighted by Gasteiger charge is -2.13. The van der Waals surface area contributed by atoms with Crippen LogP contribution in [0.25, 0.3) is 0 Å². The van der Waals surface area contributed by atoms with Crippen LogP contribution in [0.4, 0.5) is 0 Å². The fourth-order valence-corrected chi connectivity index (χ4v) is 3.64. The third-order valence-electron chi connectivity index (χ3n) is 4.11. The highest BCUT2D eigenvalue weighted by molar-refractivity contribution is 7.99. The third kappa shape index (κ3) is 3.44. The first kappa shape index (κ1) is 15.9. The molecule has 3 aromatic rings. The molecule has 4 rings (SSSR count). The average molecular weight is 350 g/mol. The molecule has 1 aromatic heterocycles. The van der Waals surface area contributed by atoms with Gasteiger partial charge in [-0.25, -0.2) is 0 Å². The fraction of sp³-hybridized carbons (Fsp3) is 0.211. The van der Waals surface area contributed by atoms with Crippen LogP contribution in [-0.2, 0) is 12.8 Å². The number of aryl methyl sites for hydroxylation is 2. The Labute approximate surface area is 150 Å². The monoisotopic (exact) mass is 350 g/mol. The standard InChI is InChI=1S/C19H18N4OS/c1-24-16-9-5-6-14(12-16)10-11-18-20-21-19-23(18)22-17(13-25-19)15-7-3-2-4-8-15/h2-9,12H,10-11,13H2,1H3. The van der Waals surface area contributed by atoms with E-state index in [1.807, 2.05) is 35.0 Å². The van der Waals surface area contributed by atoms with Gasteiger partial charge in [0.2, 0.25) is 5.16 Å². The first-order chi connectivity index (χ1) is 12.3. The normalized spacial score (nSPS) is 13.2. The van der Waals surface area contributed by atoms with Crippen LogP contribution in [0.15, 0.2) is 64.9 Å². The SMILES string of the molecule is COc1cccc(CCc2nnc3n2N=C(c2ccccc2)CS3)c1. The van der Waals surface area contributed by atoms with Gasteiger partial charge in [-0.3, -0.25) is 0 Å². The minimum atomic E-state index is 0.784. The van der Waals surface area contributed by atoms with E-state index < -0.39 is 0 Å². The summed E-state index contributed by atoms with van der Waals surface area (Å²) in [4.78, 5) is 0. The zero-order valence-corrected chi connectivity index (χ0v) is 14.7. The van der Waals surface area contributed by atoms with Crippen molar-refractivity contribution in [1.29, 1.82) is 0 Å². The molecule has 1 aliphatic heterocycles. The smallest absolute Gasteiger partial charge is 0.212 e. The second-order valence-corrected chi connectivity index (χ2v) is 6.71. The van der Waals surface area contributed by atoms with Gasteiger partial charge in [0.15, 0.2) is 5.82 Å². The van der Waals surface area contributed by atoms with Crippen molar-refractivity contribution in [3.8, 4) is 5.75 Å². The first-order valence-electron chi connectivity index (χ1n) is 8.17. The Bertz CT molecular complexity index is 905. The molecule has 0 unspecified atom stereocenters. The molecule has 0 spiro atoms. The molecule has 0 bridgehead atoms. The number of benzene rings is 2. The molecule has 0 N–H and O–H groups in total. The summed E-state index contributed by atoms with van der Waals surface area (Å²) in [6.45, 7) is 0. The topological polar surface area (TPSA) is 52.3 Å². The van der Waals surface area contributed by atoms with Crippen molar-refractivity contribution in [2.45, 2.75) is 18.0 Å². The minimum Gasteiger partial charge on any atom is -0.497 e. The van der Waals surface area contributed by atoms with Crippen molar-refractivity contribution in [3.63, 3.8) is 0 Å². The lowest BCUT2D eigenvalue weighted by Crippen LogP contribution is -2.14. The average Bonchev–Trinajstić information content (AvgIpc) is 3.09. The summed E-state index contributed by atoms with van der Waals surface area (Å²) in [5.74, 6) is 2.58. The predicted octanol–water partition coefficient (Wildman–Crippen LogP) is 3.43. The summed E-state index contributed by atoms with van der Waals surface area (Å²) >= 11 is 1.68. The maximum atomic E-state index is 5.29. The molecule has 0 atom stereocenters. The summed E-state index contributed by atoms with van der Waals surface area (Å²) in [7, 11) is 1.69. The van der Waals surface area contributed by atoms with E-state index >= 15 is 0 Å². The highest BCUT2D eigenvalue weighted by Gasteiger charge is 2.19. The van der Waals surface area contributed by atoms with Crippen molar-refractivity contribution >= 4 is 17.5 Å². The second kappa shape index (κ2) is 7.11. The van der Waals surface area contributed by atoms with Gasteiger partial charge < -0.3 is 4.74 Å². The van der Waals surface area contributed by atoms with Crippen LogP contribution in [0, 0.1) is 0 Å². The highest BCUT2D eigenvalue weighted by Crippen LogP contribution is 2.24. The van der Waals surface area contributed by atoms with Gasteiger partial charge in [-0.2, -0.15) is 9.78 Å². The van der Waals surface area contributed by atoms with Gasteiger partial charge in [0, 0.05) is 12.2 Å². The van der Waals surface area contributed by atoms with E-state index in [-0.39, 0.29) is 0 Å². The molecule has 0 fully saturated rings. The molecule has 0 saturated carbocycles. The Kier molecular flexibility index (Phi) is 4.52. The van der Waals surface area contributed by atoms with Crippen molar-refractivity contribution < 1.29 is 4.74 Å². The van der Waals surface area contributed by atoms with Crippen molar-refractivity contribution in [1.82, 2.24) is 14.9 Å².